The Hall–Kier alpha value is 0.440. The minimum atomic E-state index is 0.971. The van der Waals surface area contributed by atoms with Crippen molar-refractivity contribution in [3.8, 4) is 0 Å². The molecule has 1 unspecified atom stereocenters. The largest absolute Gasteiger partial charge is 0.303 e. The average molecular weight is 318 g/mol. The van der Waals surface area contributed by atoms with E-state index in [9.17, 15) is 0 Å². The van der Waals surface area contributed by atoms with Crippen molar-refractivity contribution in [3.63, 3.8) is 0 Å². The molecule has 1 nitrogen and oxygen atoms in total. The predicted molar refractivity (Wildman–Crippen MR) is 85.6 cm³/mol. The average Bonchev–Trinajstić information content (AvgIpc) is 2.81. The van der Waals surface area contributed by atoms with Crippen molar-refractivity contribution >= 4 is 15.9 Å². The lowest BCUT2D eigenvalue weighted by Gasteiger charge is -2.15. The topological polar surface area (TPSA) is 3.24 Å². The summed E-state index contributed by atoms with van der Waals surface area (Å²) >= 11 is 3.56. The van der Waals surface area contributed by atoms with Crippen molar-refractivity contribution in [2.75, 3.05) is 25.0 Å². The van der Waals surface area contributed by atoms with Gasteiger partial charge in [0.25, 0.3) is 0 Å². The molecule has 1 atom stereocenters. The first-order chi connectivity index (χ1) is 8.86. The van der Waals surface area contributed by atoms with Crippen LogP contribution in [0.5, 0.6) is 0 Å². The molecule has 0 amide bonds. The molecule has 108 valence electrons. The molecule has 18 heavy (non-hydrogen) atoms. The van der Waals surface area contributed by atoms with Crippen LogP contribution in [-0.4, -0.2) is 29.9 Å². The zero-order chi connectivity index (χ0) is 13.1. The fourth-order valence-electron chi connectivity index (χ4n) is 2.98. The van der Waals surface area contributed by atoms with E-state index < -0.39 is 0 Å². The summed E-state index contributed by atoms with van der Waals surface area (Å²) in [7, 11) is 0. The van der Waals surface area contributed by atoms with Crippen LogP contribution in [0.2, 0.25) is 0 Å². The number of halogens is 1. The van der Waals surface area contributed by atoms with E-state index in [1.807, 2.05) is 0 Å². The Kier molecular flexibility index (Phi) is 10.3. The highest BCUT2D eigenvalue weighted by atomic mass is 79.9. The SMILES string of the molecule is CCCCCCCCCCN1CCC(CCBr)C1. The normalized spacial score (nSPS) is 20.7. The molecule has 0 aromatic heterocycles. The van der Waals surface area contributed by atoms with E-state index in [-0.39, 0.29) is 0 Å². The molecule has 1 aliphatic heterocycles. The number of nitrogens with zero attached hydrogens (tertiary/aromatic N) is 1. The number of hydrogen-bond acceptors (Lipinski definition) is 1. The van der Waals surface area contributed by atoms with Gasteiger partial charge in [-0.05, 0) is 38.3 Å². The predicted octanol–water partition coefficient (Wildman–Crippen LogP) is 5.23. The van der Waals surface area contributed by atoms with Crippen LogP contribution in [0.15, 0.2) is 0 Å². The Morgan fingerprint density at radius 1 is 1.00 bits per heavy atom. The molecule has 0 bridgehead atoms. The Morgan fingerprint density at radius 3 is 2.33 bits per heavy atom. The minimum Gasteiger partial charge on any atom is -0.303 e. The first-order valence-electron chi connectivity index (χ1n) is 8.15. The van der Waals surface area contributed by atoms with Crippen LogP contribution in [0.4, 0.5) is 0 Å². The minimum absolute atomic E-state index is 0.971. The number of rotatable bonds is 11. The van der Waals surface area contributed by atoms with Crippen LogP contribution in [0, 0.1) is 5.92 Å². The lowest BCUT2D eigenvalue weighted by atomic mass is 10.1. The van der Waals surface area contributed by atoms with E-state index in [0.29, 0.717) is 0 Å². The molecule has 0 aromatic rings. The van der Waals surface area contributed by atoms with Gasteiger partial charge in [-0.1, -0.05) is 67.8 Å². The molecule has 0 saturated carbocycles. The number of alkyl halides is 1. The molecule has 0 N–H and O–H groups in total. The third kappa shape index (κ3) is 7.78. The van der Waals surface area contributed by atoms with Crippen LogP contribution in [0.3, 0.4) is 0 Å². The highest BCUT2D eigenvalue weighted by Crippen LogP contribution is 2.20. The summed E-state index contributed by atoms with van der Waals surface area (Å²) in [4.78, 5) is 2.68. The Bertz CT molecular complexity index is 184. The van der Waals surface area contributed by atoms with Gasteiger partial charge in [-0.3, -0.25) is 0 Å². The van der Waals surface area contributed by atoms with Crippen LogP contribution in [0.1, 0.15) is 71.1 Å². The van der Waals surface area contributed by atoms with Crippen LogP contribution in [-0.2, 0) is 0 Å². The van der Waals surface area contributed by atoms with Gasteiger partial charge in [-0.2, -0.15) is 0 Å². The highest BCUT2D eigenvalue weighted by Gasteiger charge is 2.20. The summed E-state index contributed by atoms with van der Waals surface area (Å²) in [6.07, 6.45) is 14.3. The summed E-state index contributed by atoms with van der Waals surface area (Å²) in [5.41, 5.74) is 0. The van der Waals surface area contributed by atoms with E-state index >= 15 is 0 Å². The maximum Gasteiger partial charge on any atom is 0.00344 e. The Labute approximate surface area is 123 Å². The van der Waals surface area contributed by atoms with Gasteiger partial charge < -0.3 is 4.90 Å². The molecule has 1 rings (SSSR count). The second-order valence-corrected chi connectivity index (χ2v) is 6.70. The van der Waals surface area contributed by atoms with Gasteiger partial charge in [0.15, 0.2) is 0 Å². The molecule has 1 saturated heterocycles. The van der Waals surface area contributed by atoms with Crippen LogP contribution in [0.25, 0.3) is 0 Å². The lowest BCUT2D eigenvalue weighted by molar-refractivity contribution is 0.313. The van der Waals surface area contributed by atoms with Gasteiger partial charge in [-0.25, -0.2) is 0 Å². The van der Waals surface area contributed by atoms with E-state index in [2.05, 4.69) is 27.8 Å². The molecule has 0 aromatic carbocycles. The van der Waals surface area contributed by atoms with Crippen molar-refractivity contribution in [2.24, 2.45) is 5.92 Å². The van der Waals surface area contributed by atoms with Crippen molar-refractivity contribution in [2.45, 2.75) is 71.1 Å². The smallest absolute Gasteiger partial charge is 0.00344 e. The molecule has 1 fully saturated rings. The maximum absolute atomic E-state index is 3.56. The van der Waals surface area contributed by atoms with Crippen molar-refractivity contribution < 1.29 is 0 Å². The van der Waals surface area contributed by atoms with Crippen molar-refractivity contribution in [1.29, 1.82) is 0 Å². The fourth-order valence-corrected chi connectivity index (χ4v) is 3.62. The standard InChI is InChI=1S/C16H32BrN/c1-2-3-4-5-6-7-8-9-13-18-14-11-16(15-18)10-12-17/h16H,2-15H2,1H3. The quantitative estimate of drug-likeness (QED) is 0.372. The second kappa shape index (κ2) is 11.3. The highest BCUT2D eigenvalue weighted by molar-refractivity contribution is 9.09. The van der Waals surface area contributed by atoms with Crippen LogP contribution >= 0.6 is 15.9 Å². The van der Waals surface area contributed by atoms with E-state index in [1.165, 1.54) is 89.2 Å². The summed E-state index contributed by atoms with van der Waals surface area (Å²) in [5, 5.41) is 1.18. The molecule has 0 radical (unpaired) electrons. The number of unbranched alkanes of at least 4 members (excludes halogenated alkanes) is 7. The zero-order valence-corrected chi connectivity index (χ0v) is 13.9. The van der Waals surface area contributed by atoms with Gasteiger partial charge >= 0.3 is 0 Å². The molecule has 1 aliphatic rings. The first-order valence-corrected chi connectivity index (χ1v) is 9.27. The lowest BCUT2D eigenvalue weighted by Crippen LogP contribution is -2.22. The monoisotopic (exact) mass is 317 g/mol. The Balaban J connectivity index is 1.84. The fraction of sp³-hybridized carbons (Fsp3) is 1.00. The molecule has 0 spiro atoms. The van der Waals surface area contributed by atoms with Crippen LogP contribution < -0.4 is 0 Å². The molecule has 2 heteroatoms. The molecule has 0 aliphatic carbocycles. The van der Waals surface area contributed by atoms with E-state index in [0.717, 1.165) is 5.92 Å². The number of likely N-dealkylation sites (tertiary alicyclic amines) is 1. The van der Waals surface area contributed by atoms with Crippen molar-refractivity contribution in [3.05, 3.63) is 0 Å². The van der Waals surface area contributed by atoms with Gasteiger partial charge in [0, 0.05) is 11.9 Å². The second-order valence-electron chi connectivity index (χ2n) is 5.91. The van der Waals surface area contributed by atoms with Gasteiger partial charge in [-0.15, -0.1) is 0 Å². The van der Waals surface area contributed by atoms with Gasteiger partial charge in [0.05, 0.1) is 0 Å². The van der Waals surface area contributed by atoms with E-state index in [1.54, 1.807) is 0 Å². The molecule has 1 heterocycles. The maximum atomic E-state index is 3.56. The van der Waals surface area contributed by atoms with Crippen molar-refractivity contribution in [1.82, 2.24) is 4.90 Å². The Morgan fingerprint density at radius 2 is 1.67 bits per heavy atom. The molecular formula is C16H32BrN. The van der Waals surface area contributed by atoms with E-state index in [4.69, 9.17) is 0 Å². The summed E-state index contributed by atoms with van der Waals surface area (Å²) in [6.45, 7) is 6.36. The summed E-state index contributed by atoms with van der Waals surface area (Å²) < 4.78 is 0. The third-order valence-corrected chi connectivity index (χ3v) is 4.67. The third-order valence-electron chi connectivity index (χ3n) is 4.22. The number of hydrogen-bond donors (Lipinski definition) is 0. The summed E-state index contributed by atoms with van der Waals surface area (Å²) in [6, 6.07) is 0. The first kappa shape index (κ1) is 16.5. The molecular weight excluding hydrogens is 286 g/mol. The summed E-state index contributed by atoms with van der Waals surface area (Å²) in [5.74, 6) is 0.971. The van der Waals surface area contributed by atoms with Gasteiger partial charge in [0.1, 0.15) is 0 Å². The zero-order valence-electron chi connectivity index (χ0n) is 12.3. The van der Waals surface area contributed by atoms with Gasteiger partial charge in [0.2, 0.25) is 0 Å².